The summed E-state index contributed by atoms with van der Waals surface area (Å²) in [6, 6.07) is 20.0. The number of rotatable bonds is 5. The van der Waals surface area contributed by atoms with Crippen LogP contribution >= 0.6 is 0 Å². The fraction of sp³-hybridized carbons (Fsp3) is 0.238. The minimum Gasteiger partial charge on any atom is -0.349 e. The van der Waals surface area contributed by atoms with Gasteiger partial charge in [-0.15, -0.1) is 0 Å². The molecule has 1 aromatic heterocycles. The molecule has 0 radical (unpaired) electrons. The Morgan fingerprint density at radius 1 is 1.12 bits per heavy atom. The SMILES string of the molecule is CC(NC(=O)c1cccc(-n2nccc2-c2ccccc2)c1)C1CC1. The molecule has 2 aromatic carbocycles. The molecule has 1 atom stereocenters. The van der Waals surface area contributed by atoms with Gasteiger partial charge in [0.05, 0.1) is 17.6 Å². The van der Waals surface area contributed by atoms with E-state index in [1.807, 2.05) is 53.2 Å². The van der Waals surface area contributed by atoms with Gasteiger partial charge in [-0.25, -0.2) is 4.68 Å². The van der Waals surface area contributed by atoms with E-state index in [2.05, 4.69) is 29.5 Å². The largest absolute Gasteiger partial charge is 0.349 e. The molecule has 25 heavy (non-hydrogen) atoms. The number of hydrogen-bond acceptors (Lipinski definition) is 2. The van der Waals surface area contributed by atoms with E-state index in [9.17, 15) is 4.79 Å². The summed E-state index contributed by atoms with van der Waals surface area (Å²) >= 11 is 0. The zero-order valence-corrected chi connectivity index (χ0v) is 14.2. The van der Waals surface area contributed by atoms with Crippen LogP contribution in [0.2, 0.25) is 0 Å². The van der Waals surface area contributed by atoms with E-state index in [1.165, 1.54) is 12.8 Å². The highest BCUT2D eigenvalue weighted by Crippen LogP contribution is 2.32. The first-order valence-electron chi connectivity index (χ1n) is 8.73. The molecule has 126 valence electrons. The Balaban J connectivity index is 1.62. The lowest BCUT2D eigenvalue weighted by atomic mass is 10.1. The average Bonchev–Trinajstić information content (AvgIpc) is 3.39. The number of nitrogens with one attached hydrogen (secondary N) is 1. The van der Waals surface area contributed by atoms with Gasteiger partial charge in [-0.3, -0.25) is 4.79 Å². The summed E-state index contributed by atoms with van der Waals surface area (Å²) in [4.78, 5) is 12.5. The van der Waals surface area contributed by atoms with Crippen molar-refractivity contribution in [1.82, 2.24) is 15.1 Å². The summed E-state index contributed by atoms with van der Waals surface area (Å²) in [7, 11) is 0. The number of aromatic nitrogens is 2. The molecular formula is C21H21N3O. The van der Waals surface area contributed by atoms with Crippen molar-refractivity contribution in [2.45, 2.75) is 25.8 Å². The lowest BCUT2D eigenvalue weighted by Crippen LogP contribution is -2.34. The molecule has 1 aliphatic carbocycles. The summed E-state index contributed by atoms with van der Waals surface area (Å²) in [6.45, 7) is 2.08. The highest BCUT2D eigenvalue weighted by atomic mass is 16.1. The maximum absolute atomic E-state index is 12.5. The van der Waals surface area contributed by atoms with Crippen LogP contribution in [0.15, 0.2) is 66.9 Å². The zero-order chi connectivity index (χ0) is 17.2. The Labute approximate surface area is 147 Å². The Kier molecular flexibility index (Phi) is 4.10. The molecule has 1 fully saturated rings. The third-order valence-electron chi connectivity index (χ3n) is 4.75. The van der Waals surface area contributed by atoms with E-state index < -0.39 is 0 Å². The minimum atomic E-state index is -0.0188. The number of carbonyl (C=O) groups is 1. The molecule has 4 heteroatoms. The van der Waals surface area contributed by atoms with Crippen molar-refractivity contribution in [1.29, 1.82) is 0 Å². The standard InChI is InChI=1S/C21H21N3O/c1-15(16-10-11-16)23-21(25)18-8-5-9-19(14-18)24-20(12-13-22-24)17-6-3-2-4-7-17/h2-9,12-16H,10-11H2,1H3,(H,23,25). The van der Waals surface area contributed by atoms with Crippen LogP contribution in [0, 0.1) is 5.92 Å². The molecule has 1 amide bonds. The fourth-order valence-corrected chi connectivity index (χ4v) is 3.12. The van der Waals surface area contributed by atoms with Crippen molar-refractivity contribution in [3.05, 3.63) is 72.4 Å². The van der Waals surface area contributed by atoms with Crippen LogP contribution in [-0.4, -0.2) is 21.7 Å². The van der Waals surface area contributed by atoms with Gasteiger partial charge in [-0.2, -0.15) is 5.10 Å². The molecule has 0 aliphatic heterocycles. The van der Waals surface area contributed by atoms with Crippen LogP contribution in [0.3, 0.4) is 0 Å². The van der Waals surface area contributed by atoms with E-state index in [-0.39, 0.29) is 11.9 Å². The van der Waals surface area contributed by atoms with E-state index in [1.54, 1.807) is 6.20 Å². The van der Waals surface area contributed by atoms with Gasteiger partial charge < -0.3 is 5.32 Å². The van der Waals surface area contributed by atoms with Gasteiger partial charge in [-0.05, 0) is 49.9 Å². The summed E-state index contributed by atoms with van der Waals surface area (Å²) in [5, 5.41) is 7.56. The van der Waals surface area contributed by atoms with E-state index in [0.29, 0.717) is 11.5 Å². The average molecular weight is 331 g/mol. The Morgan fingerprint density at radius 2 is 1.92 bits per heavy atom. The molecule has 0 saturated heterocycles. The van der Waals surface area contributed by atoms with E-state index in [0.717, 1.165) is 16.9 Å². The van der Waals surface area contributed by atoms with Crippen molar-refractivity contribution >= 4 is 5.91 Å². The first-order valence-corrected chi connectivity index (χ1v) is 8.73. The first-order chi connectivity index (χ1) is 12.2. The van der Waals surface area contributed by atoms with E-state index >= 15 is 0 Å². The maximum atomic E-state index is 12.5. The summed E-state index contributed by atoms with van der Waals surface area (Å²) in [5.41, 5.74) is 3.65. The highest BCUT2D eigenvalue weighted by Gasteiger charge is 2.29. The van der Waals surface area contributed by atoms with Gasteiger partial charge in [-0.1, -0.05) is 36.4 Å². The van der Waals surface area contributed by atoms with Crippen LogP contribution in [0.25, 0.3) is 16.9 Å². The third kappa shape index (κ3) is 3.33. The molecule has 3 aromatic rings. The van der Waals surface area contributed by atoms with Gasteiger partial charge in [0.15, 0.2) is 0 Å². The van der Waals surface area contributed by atoms with E-state index in [4.69, 9.17) is 0 Å². The first kappa shape index (κ1) is 15.6. The second kappa shape index (κ2) is 6.55. The Hall–Kier alpha value is -2.88. The van der Waals surface area contributed by atoms with Gasteiger partial charge in [0.25, 0.3) is 5.91 Å². The number of carbonyl (C=O) groups excluding carboxylic acids is 1. The summed E-state index contributed by atoms with van der Waals surface area (Å²) in [5.74, 6) is 0.623. The molecule has 0 bridgehead atoms. The monoisotopic (exact) mass is 331 g/mol. The molecule has 1 N–H and O–H groups in total. The number of nitrogens with zero attached hydrogens (tertiary/aromatic N) is 2. The third-order valence-corrected chi connectivity index (χ3v) is 4.75. The molecule has 0 spiro atoms. The molecule has 1 unspecified atom stereocenters. The lowest BCUT2D eigenvalue weighted by molar-refractivity contribution is 0.0936. The van der Waals surface area contributed by atoms with Crippen LogP contribution in [0.5, 0.6) is 0 Å². The quantitative estimate of drug-likeness (QED) is 0.766. The molecule has 1 aliphatic rings. The Morgan fingerprint density at radius 3 is 2.68 bits per heavy atom. The van der Waals surface area contributed by atoms with Crippen LogP contribution in [-0.2, 0) is 0 Å². The van der Waals surface area contributed by atoms with Crippen LogP contribution in [0.1, 0.15) is 30.1 Å². The Bertz CT molecular complexity index is 881. The van der Waals surface area contributed by atoms with Gasteiger partial charge in [0.2, 0.25) is 0 Å². The molecular weight excluding hydrogens is 310 g/mol. The van der Waals surface area contributed by atoms with Gasteiger partial charge in [0.1, 0.15) is 0 Å². The van der Waals surface area contributed by atoms with Crippen LogP contribution < -0.4 is 5.32 Å². The zero-order valence-electron chi connectivity index (χ0n) is 14.2. The lowest BCUT2D eigenvalue weighted by Gasteiger charge is -2.14. The summed E-state index contributed by atoms with van der Waals surface area (Å²) in [6.07, 6.45) is 4.22. The molecule has 1 saturated carbocycles. The van der Waals surface area contributed by atoms with Crippen molar-refractivity contribution in [2.24, 2.45) is 5.92 Å². The smallest absolute Gasteiger partial charge is 0.251 e. The molecule has 4 rings (SSSR count). The topological polar surface area (TPSA) is 46.9 Å². The maximum Gasteiger partial charge on any atom is 0.251 e. The van der Waals surface area contributed by atoms with Crippen molar-refractivity contribution in [3.63, 3.8) is 0 Å². The fourth-order valence-electron chi connectivity index (χ4n) is 3.12. The predicted octanol–water partition coefficient (Wildman–Crippen LogP) is 4.07. The van der Waals surface area contributed by atoms with Crippen molar-refractivity contribution in [3.8, 4) is 16.9 Å². The number of amides is 1. The summed E-state index contributed by atoms with van der Waals surface area (Å²) < 4.78 is 1.87. The highest BCUT2D eigenvalue weighted by molar-refractivity contribution is 5.95. The van der Waals surface area contributed by atoms with Crippen molar-refractivity contribution in [2.75, 3.05) is 0 Å². The van der Waals surface area contributed by atoms with Gasteiger partial charge in [0, 0.05) is 17.2 Å². The minimum absolute atomic E-state index is 0.0188. The second-order valence-electron chi connectivity index (χ2n) is 6.64. The molecule has 1 heterocycles. The normalized spacial score (nSPS) is 14.9. The van der Waals surface area contributed by atoms with Crippen LogP contribution in [0.4, 0.5) is 0 Å². The number of hydrogen-bond donors (Lipinski definition) is 1. The predicted molar refractivity (Wildman–Crippen MR) is 98.7 cm³/mol. The second-order valence-corrected chi connectivity index (χ2v) is 6.64. The molecule has 4 nitrogen and oxygen atoms in total. The number of benzene rings is 2. The van der Waals surface area contributed by atoms with Crippen molar-refractivity contribution < 1.29 is 4.79 Å². The van der Waals surface area contributed by atoms with Gasteiger partial charge >= 0.3 is 0 Å².